The molecule has 1 heterocycles. The topological polar surface area (TPSA) is 42.2 Å². The predicted octanol–water partition coefficient (Wildman–Crippen LogP) is 3.22. The third kappa shape index (κ3) is 2.30. The van der Waals surface area contributed by atoms with E-state index in [-0.39, 0.29) is 12.2 Å². The Morgan fingerprint density at radius 3 is 2.55 bits per heavy atom. The van der Waals surface area contributed by atoms with Gasteiger partial charge in [-0.3, -0.25) is 4.79 Å². The molecule has 0 spiro atoms. The van der Waals surface area contributed by atoms with Gasteiger partial charge in [-0.1, -0.05) is 12.1 Å². The highest BCUT2D eigenvalue weighted by Gasteiger charge is 2.28. The Morgan fingerprint density at radius 2 is 1.82 bits per heavy atom. The van der Waals surface area contributed by atoms with Gasteiger partial charge in [0.2, 0.25) is 0 Å². The molecule has 2 aliphatic carbocycles. The standard InChI is InChI=1S/C19H21NO2/c21-12-16-7-10-18(20(19(16)22)17-8-9-17)15-6-5-13-3-1-2-4-14(13)11-15/h5-7,10-11,17,21H,1-4,8-9,12H2. The highest BCUT2D eigenvalue weighted by atomic mass is 16.3. The third-order valence-electron chi connectivity index (χ3n) is 4.92. The van der Waals surface area contributed by atoms with E-state index in [9.17, 15) is 9.90 Å². The highest BCUT2D eigenvalue weighted by molar-refractivity contribution is 5.62. The summed E-state index contributed by atoms with van der Waals surface area (Å²) < 4.78 is 1.90. The van der Waals surface area contributed by atoms with E-state index < -0.39 is 0 Å². The van der Waals surface area contributed by atoms with E-state index in [1.807, 2.05) is 10.6 Å². The summed E-state index contributed by atoms with van der Waals surface area (Å²) >= 11 is 0. The number of benzene rings is 1. The Kier molecular flexibility index (Phi) is 3.38. The van der Waals surface area contributed by atoms with Crippen LogP contribution in [0.1, 0.15) is 48.4 Å². The number of hydrogen-bond acceptors (Lipinski definition) is 2. The van der Waals surface area contributed by atoms with Crippen LogP contribution in [0.2, 0.25) is 0 Å². The molecule has 0 bridgehead atoms. The van der Waals surface area contributed by atoms with Gasteiger partial charge in [0.15, 0.2) is 0 Å². The van der Waals surface area contributed by atoms with Crippen molar-refractivity contribution in [3.05, 3.63) is 57.4 Å². The van der Waals surface area contributed by atoms with Gasteiger partial charge in [-0.15, -0.1) is 0 Å². The van der Waals surface area contributed by atoms with Crippen LogP contribution in [0.5, 0.6) is 0 Å². The van der Waals surface area contributed by atoms with Crippen LogP contribution in [0.4, 0.5) is 0 Å². The lowest BCUT2D eigenvalue weighted by Gasteiger charge is -2.19. The van der Waals surface area contributed by atoms with E-state index in [1.54, 1.807) is 6.07 Å². The van der Waals surface area contributed by atoms with E-state index in [0.717, 1.165) is 30.5 Å². The molecule has 114 valence electrons. The molecule has 4 rings (SSSR count). The van der Waals surface area contributed by atoms with Crippen LogP contribution in [0.3, 0.4) is 0 Å². The smallest absolute Gasteiger partial charge is 0.256 e. The van der Waals surface area contributed by atoms with E-state index in [2.05, 4.69) is 18.2 Å². The van der Waals surface area contributed by atoms with Crippen LogP contribution in [0.15, 0.2) is 35.1 Å². The van der Waals surface area contributed by atoms with Gasteiger partial charge in [0, 0.05) is 11.6 Å². The van der Waals surface area contributed by atoms with Crippen molar-refractivity contribution in [3.8, 4) is 11.3 Å². The van der Waals surface area contributed by atoms with E-state index in [0.29, 0.717) is 11.6 Å². The van der Waals surface area contributed by atoms with Crippen LogP contribution in [-0.4, -0.2) is 9.67 Å². The maximum absolute atomic E-state index is 12.6. The first-order valence-electron chi connectivity index (χ1n) is 8.25. The van der Waals surface area contributed by atoms with Crippen LogP contribution < -0.4 is 5.56 Å². The van der Waals surface area contributed by atoms with Crippen molar-refractivity contribution in [2.45, 2.75) is 51.2 Å². The molecule has 0 aliphatic heterocycles. The minimum Gasteiger partial charge on any atom is -0.391 e. The molecular formula is C19H21NO2. The summed E-state index contributed by atoms with van der Waals surface area (Å²) in [5.74, 6) is 0. The molecule has 3 heteroatoms. The van der Waals surface area contributed by atoms with Gasteiger partial charge >= 0.3 is 0 Å². The van der Waals surface area contributed by atoms with E-state index >= 15 is 0 Å². The third-order valence-corrected chi connectivity index (χ3v) is 4.92. The van der Waals surface area contributed by atoms with Gasteiger partial charge in [-0.2, -0.15) is 0 Å². The van der Waals surface area contributed by atoms with Gasteiger partial charge in [0.05, 0.1) is 12.3 Å². The summed E-state index contributed by atoms with van der Waals surface area (Å²) in [6.07, 6.45) is 6.99. The van der Waals surface area contributed by atoms with Crippen molar-refractivity contribution in [3.63, 3.8) is 0 Å². The second kappa shape index (κ2) is 5.40. The number of hydrogen-bond donors (Lipinski definition) is 1. The van der Waals surface area contributed by atoms with Crippen molar-refractivity contribution in [2.75, 3.05) is 0 Å². The molecule has 2 aromatic rings. The molecule has 0 radical (unpaired) electrons. The Labute approximate surface area is 130 Å². The normalized spacial score (nSPS) is 17.3. The summed E-state index contributed by atoms with van der Waals surface area (Å²) in [5, 5.41) is 9.35. The maximum atomic E-state index is 12.6. The Balaban J connectivity index is 1.85. The summed E-state index contributed by atoms with van der Waals surface area (Å²) in [5.41, 5.74) is 5.49. The molecule has 1 aromatic carbocycles. The zero-order chi connectivity index (χ0) is 15.1. The molecule has 22 heavy (non-hydrogen) atoms. The van der Waals surface area contributed by atoms with Crippen molar-refractivity contribution < 1.29 is 5.11 Å². The predicted molar refractivity (Wildman–Crippen MR) is 87.0 cm³/mol. The van der Waals surface area contributed by atoms with Crippen molar-refractivity contribution in [2.24, 2.45) is 0 Å². The number of nitrogens with zero attached hydrogens (tertiary/aromatic N) is 1. The second-order valence-corrected chi connectivity index (χ2v) is 6.50. The first kappa shape index (κ1) is 13.8. The minimum absolute atomic E-state index is 0.0276. The Morgan fingerprint density at radius 1 is 1.05 bits per heavy atom. The van der Waals surface area contributed by atoms with Gasteiger partial charge in [0.25, 0.3) is 5.56 Å². The number of rotatable bonds is 3. The monoisotopic (exact) mass is 295 g/mol. The van der Waals surface area contributed by atoms with Crippen molar-refractivity contribution in [1.29, 1.82) is 0 Å². The van der Waals surface area contributed by atoms with Gasteiger partial charge in [-0.05, 0) is 73.4 Å². The number of aliphatic hydroxyl groups is 1. The van der Waals surface area contributed by atoms with Crippen LogP contribution in [0, 0.1) is 0 Å². The number of aliphatic hydroxyl groups excluding tert-OH is 1. The Bertz CT molecular complexity index is 771. The molecule has 0 saturated heterocycles. The molecule has 1 N–H and O–H groups in total. The first-order chi connectivity index (χ1) is 10.8. The van der Waals surface area contributed by atoms with Gasteiger partial charge in [0.1, 0.15) is 0 Å². The number of aryl methyl sites for hydroxylation is 2. The van der Waals surface area contributed by atoms with Crippen molar-refractivity contribution >= 4 is 0 Å². The summed E-state index contributed by atoms with van der Waals surface area (Å²) in [7, 11) is 0. The quantitative estimate of drug-likeness (QED) is 0.944. The molecule has 1 aromatic heterocycles. The minimum atomic E-state index is -0.185. The summed E-state index contributed by atoms with van der Waals surface area (Å²) in [6, 6.07) is 10.7. The van der Waals surface area contributed by atoms with Crippen LogP contribution in [0.25, 0.3) is 11.3 Å². The zero-order valence-electron chi connectivity index (χ0n) is 12.7. The highest BCUT2D eigenvalue weighted by Crippen LogP contribution is 2.37. The fourth-order valence-electron chi connectivity index (χ4n) is 3.54. The van der Waals surface area contributed by atoms with Crippen molar-refractivity contribution in [1.82, 2.24) is 4.57 Å². The SMILES string of the molecule is O=c1c(CO)ccc(-c2ccc3c(c2)CCCC3)n1C1CC1. The lowest BCUT2D eigenvalue weighted by molar-refractivity contribution is 0.279. The van der Waals surface area contributed by atoms with Crippen LogP contribution >= 0.6 is 0 Å². The lowest BCUT2D eigenvalue weighted by atomic mass is 9.90. The molecule has 0 atom stereocenters. The first-order valence-corrected chi connectivity index (χ1v) is 8.25. The van der Waals surface area contributed by atoms with E-state index in [4.69, 9.17) is 0 Å². The molecule has 0 amide bonds. The zero-order valence-corrected chi connectivity index (χ0v) is 12.7. The molecule has 0 unspecified atom stereocenters. The van der Waals surface area contributed by atoms with Gasteiger partial charge < -0.3 is 9.67 Å². The number of pyridine rings is 1. The van der Waals surface area contributed by atoms with Gasteiger partial charge in [-0.25, -0.2) is 0 Å². The fourth-order valence-corrected chi connectivity index (χ4v) is 3.54. The average molecular weight is 295 g/mol. The molecular weight excluding hydrogens is 274 g/mol. The maximum Gasteiger partial charge on any atom is 0.256 e. The summed E-state index contributed by atoms with van der Waals surface area (Å²) in [4.78, 5) is 12.6. The molecule has 2 aliphatic rings. The Hall–Kier alpha value is -1.87. The lowest BCUT2D eigenvalue weighted by Crippen LogP contribution is -2.24. The second-order valence-electron chi connectivity index (χ2n) is 6.50. The number of aromatic nitrogens is 1. The summed E-state index contributed by atoms with van der Waals surface area (Å²) in [6.45, 7) is -0.185. The molecule has 1 fully saturated rings. The largest absolute Gasteiger partial charge is 0.391 e. The number of fused-ring (bicyclic) bond motifs is 1. The van der Waals surface area contributed by atoms with Crippen LogP contribution in [-0.2, 0) is 19.4 Å². The van der Waals surface area contributed by atoms with E-state index in [1.165, 1.54) is 30.4 Å². The average Bonchev–Trinajstić information content (AvgIpc) is 3.39. The molecule has 3 nitrogen and oxygen atoms in total. The fraction of sp³-hybridized carbons (Fsp3) is 0.421. The molecule has 1 saturated carbocycles.